The Kier molecular flexibility index (Phi) is 5.62. The lowest BCUT2D eigenvalue weighted by molar-refractivity contribution is -0.138. The molecule has 1 aliphatic heterocycles. The molecule has 134 valence electrons. The van der Waals surface area contributed by atoms with Gasteiger partial charge in [0.05, 0.1) is 30.6 Å². The maximum Gasteiger partial charge on any atom is 0.254 e. The SMILES string of the molecule is COCCOCC(=O)N1CCN(C(=O)c2ccc3nc[nH]c3c2)CC1. The molecule has 2 amide bonds. The van der Waals surface area contributed by atoms with Gasteiger partial charge in [0.15, 0.2) is 0 Å². The summed E-state index contributed by atoms with van der Waals surface area (Å²) >= 11 is 0. The monoisotopic (exact) mass is 346 g/mol. The van der Waals surface area contributed by atoms with E-state index >= 15 is 0 Å². The fraction of sp³-hybridized carbons (Fsp3) is 0.471. The third kappa shape index (κ3) is 4.15. The summed E-state index contributed by atoms with van der Waals surface area (Å²) in [6.45, 7) is 2.99. The number of ether oxygens (including phenoxy) is 2. The van der Waals surface area contributed by atoms with Crippen LogP contribution in [-0.2, 0) is 14.3 Å². The normalized spacial score (nSPS) is 14.9. The number of benzene rings is 1. The van der Waals surface area contributed by atoms with Gasteiger partial charge in [0, 0.05) is 38.9 Å². The predicted molar refractivity (Wildman–Crippen MR) is 91.3 cm³/mol. The number of imidazole rings is 1. The quantitative estimate of drug-likeness (QED) is 0.770. The number of nitrogens with zero attached hydrogens (tertiary/aromatic N) is 3. The standard InChI is InChI=1S/C17H22N4O4/c1-24-8-9-25-11-16(22)20-4-6-21(7-5-20)17(23)13-2-3-14-15(10-13)19-12-18-14/h2-3,10,12H,4-9,11H2,1H3,(H,18,19). The second-order valence-electron chi connectivity index (χ2n) is 5.85. The second kappa shape index (κ2) is 8.09. The molecule has 0 bridgehead atoms. The van der Waals surface area contributed by atoms with Crippen LogP contribution in [-0.4, -0.2) is 84.7 Å². The van der Waals surface area contributed by atoms with E-state index < -0.39 is 0 Å². The molecule has 8 heteroatoms. The van der Waals surface area contributed by atoms with E-state index in [4.69, 9.17) is 9.47 Å². The van der Waals surface area contributed by atoms with Gasteiger partial charge in [-0.25, -0.2) is 4.98 Å². The molecule has 1 aromatic carbocycles. The Hall–Kier alpha value is -2.45. The minimum atomic E-state index is -0.0536. The molecular weight excluding hydrogens is 324 g/mol. The zero-order valence-corrected chi connectivity index (χ0v) is 14.2. The molecule has 1 fully saturated rings. The predicted octanol–water partition coefficient (Wildman–Crippen LogP) is 0.510. The number of H-pyrrole nitrogens is 1. The van der Waals surface area contributed by atoms with Crippen molar-refractivity contribution in [2.75, 3.05) is 53.1 Å². The van der Waals surface area contributed by atoms with Crippen molar-refractivity contribution >= 4 is 22.8 Å². The van der Waals surface area contributed by atoms with Crippen LogP contribution in [0.4, 0.5) is 0 Å². The van der Waals surface area contributed by atoms with Gasteiger partial charge < -0.3 is 24.3 Å². The summed E-state index contributed by atoms with van der Waals surface area (Å²) < 4.78 is 10.1. The first-order valence-corrected chi connectivity index (χ1v) is 8.26. The first-order chi connectivity index (χ1) is 12.2. The smallest absolute Gasteiger partial charge is 0.254 e. The fourth-order valence-electron chi connectivity index (χ4n) is 2.80. The number of methoxy groups -OCH3 is 1. The first kappa shape index (κ1) is 17.4. The van der Waals surface area contributed by atoms with Crippen LogP contribution in [0.2, 0.25) is 0 Å². The highest BCUT2D eigenvalue weighted by Crippen LogP contribution is 2.15. The Balaban J connectivity index is 1.51. The van der Waals surface area contributed by atoms with Crippen LogP contribution in [0.25, 0.3) is 11.0 Å². The Labute approximate surface area is 145 Å². The van der Waals surface area contributed by atoms with Gasteiger partial charge in [-0.05, 0) is 18.2 Å². The molecule has 1 aromatic heterocycles. The molecule has 0 saturated carbocycles. The Morgan fingerprint density at radius 3 is 2.68 bits per heavy atom. The molecule has 25 heavy (non-hydrogen) atoms. The van der Waals surface area contributed by atoms with Crippen LogP contribution in [0.15, 0.2) is 24.5 Å². The van der Waals surface area contributed by atoms with Gasteiger partial charge in [-0.2, -0.15) is 0 Å². The van der Waals surface area contributed by atoms with E-state index in [1.165, 1.54) is 0 Å². The number of aromatic amines is 1. The number of rotatable bonds is 6. The Bertz CT molecular complexity index is 737. The van der Waals surface area contributed by atoms with E-state index in [0.717, 1.165) is 11.0 Å². The molecule has 1 N–H and O–H groups in total. The molecule has 0 atom stereocenters. The van der Waals surface area contributed by atoms with E-state index in [9.17, 15) is 9.59 Å². The lowest BCUT2D eigenvalue weighted by atomic mass is 10.1. The molecule has 1 aliphatic rings. The average Bonchev–Trinajstić information content (AvgIpc) is 3.12. The van der Waals surface area contributed by atoms with Crippen LogP contribution < -0.4 is 0 Å². The number of aromatic nitrogens is 2. The zero-order chi connectivity index (χ0) is 17.6. The maximum absolute atomic E-state index is 12.6. The molecule has 3 rings (SSSR count). The number of amides is 2. The molecule has 1 saturated heterocycles. The van der Waals surface area contributed by atoms with Crippen LogP contribution in [0, 0.1) is 0 Å². The topological polar surface area (TPSA) is 87.8 Å². The largest absolute Gasteiger partial charge is 0.382 e. The van der Waals surface area contributed by atoms with Gasteiger partial charge in [0.1, 0.15) is 6.61 Å². The number of piperazine rings is 1. The summed E-state index contributed by atoms with van der Waals surface area (Å²) in [6.07, 6.45) is 1.61. The van der Waals surface area contributed by atoms with Gasteiger partial charge >= 0.3 is 0 Å². The van der Waals surface area contributed by atoms with E-state index in [1.54, 1.807) is 29.3 Å². The number of carbonyl (C=O) groups excluding carboxylic acids is 2. The highest BCUT2D eigenvalue weighted by molar-refractivity contribution is 5.97. The lowest BCUT2D eigenvalue weighted by Crippen LogP contribution is -2.51. The van der Waals surface area contributed by atoms with Gasteiger partial charge in [0.2, 0.25) is 5.91 Å². The Morgan fingerprint density at radius 1 is 1.16 bits per heavy atom. The summed E-state index contributed by atoms with van der Waals surface area (Å²) in [5.74, 6) is -0.0815. The van der Waals surface area contributed by atoms with Gasteiger partial charge in [-0.15, -0.1) is 0 Å². The summed E-state index contributed by atoms with van der Waals surface area (Å²) in [7, 11) is 1.59. The third-order valence-electron chi connectivity index (χ3n) is 4.24. The van der Waals surface area contributed by atoms with Crippen molar-refractivity contribution in [2.24, 2.45) is 0 Å². The van der Waals surface area contributed by atoms with Crippen molar-refractivity contribution in [1.29, 1.82) is 0 Å². The van der Waals surface area contributed by atoms with Gasteiger partial charge in [0.25, 0.3) is 5.91 Å². The van der Waals surface area contributed by atoms with Crippen molar-refractivity contribution in [2.45, 2.75) is 0 Å². The van der Waals surface area contributed by atoms with Gasteiger partial charge in [-0.3, -0.25) is 9.59 Å². The average molecular weight is 346 g/mol. The van der Waals surface area contributed by atoms with Crippen molar-refractivity contribution in [3.05, 3.63) is 30.1 Å². The second-order valence-corrected chi connectivity index (χ2v) is 5.85. The van der Waals surface area contributed by atoms with E-state index in [2.05, 4.69) is 9.97 Å². The summed E-state index contributed by atoms with van der Waals surface area (Å²) in [6, 6.07) is 5.43. The maximum atomic E-state index is 12.6. The van der Waals surface area contributed by atoms with E-state index in [1.807, 2.05) is 12.1 Å². The molecule has 0 aliphatic carbocycles. The summed E-state index contributed by atoms with van der Waals surface area (Å²) in [4.78, 5) is 35.4. The molecule has 0 unspecified atom stereocenters. The minimum absolute atomic E-state index is 0.0278. The lowest BCUT2D eigenvalue weighted by Gasteiger charge is -2.34. The van der Waals surface area contributed by atoms with Crippen molar-refractivity contribution in [3.8, 4) is 0 Å². The molecule has 0 spiro atoms. The van der Waals surface area contributed by atoms with Crippen LogP contribution >= 0.6 is 0 Å². The molecular formula is C17H22N4O4. The summed E-state index contributed by atoms with van der Waals surface area (Å²) in [5, 5.41) is 0. The number of hydrogen-bond donors (Lipinski definition) is 1. The number of fused-ring (bicyclic) bond motifs is 1. The van der Waals surface area contributed by atoms with Crippen LogP contribution in [0.5, 0.6) is 0 Å². The van der Waals surface area contributed by atoms with Crippen molar-refractivity contribution < 1.29 is 19.1 Å². The molecule has 2 heterocycles. The highest BCUT2D eigenvalue weighted by Gasteiger charge is 2.25. The van der Waals surface area contributed by atoms with E-state index in [-0.39, 0.29) is 18.4 Å². The van der Waals surface area contributed by atoms with Crippen molar-refractivity contribution in [1.82, 2.24) is 19.8 Å². The number of hydrogen-bond acceptors (Lipinski definition) is 5. The summed E-state index contributed by atoms with van der Waals surface area (Å²) in [5.41, 5.74) is 2.30. The van der Waals surface area contributed by atoms with Crippen LogP contribution in [0.3, 0.4) is 0 Å². The molecule has 8 nitrogen and oxygen atoms in total. The molecule has 0 radical (unpaired) electrons. The number of nitrogens with one attached hydrogen (secondary N) is 1. The Morgan fingerprint density at radius 2 is 1.92 bits per heavy atom. The first-order valence-electron chi connectivity index (χ1n) is 8.26. The third-order valence-corrected chi connectivity index (χ3v) is 4.24. The van der Waals surface area contributed by atoms with E-state index in [0.29, 0.717) is 45.0 Å². The molecule has 2 aromatic rings. The number of carbonyl (C=O) groups is 2. The van der Waals surface area contributed by atoms with Gasteiger partial charge in [-0.1, -0.05) is 0 Å². The highest BCUT2D eigenvalue weighted by atomic mass is 16.5. The van der Waals surface area contributed by atoms with Crippen molar-refractivity contribution in [3.63, 3.8) is 0 Å². The van der Waals surface area contributed by atoms with Crippen LogP contribution in [0.1, 0.15) is 10.4 Å². The minimum Gasteiger partial charge on any atom is -0.382 e. The fourth-order valence-corrected chi connectivity index (χ4v) is 2.80. The zero-order valence-electron chi connectivity index (χ0n) is 14.2.